The van der Waals surface area contributed by atoms with Gasteiger partial charge in [0.05, 0.1) is 4.90 Å². The Balaban J connectivity index is 1.69. The molecule has 0 saturated carbocycles. The van der Waals surface area contributed by atoms with Crippen LogP contribution in [0.1, 0.15) is 34.5 Å². The first-order valence-electron chi connectivity index (χ1n) is 11.2. The first kappa shape index (κ1) is 23.7. The molecule has 4 aromatic rings. The molecule has 0 fully saturated rings. The fourth-order valence-corrected chi connectivity index (χ4v) is 4.92. The van der Waals surface area contributed by atoms with E-state index in [1.165, 1.54) is 18.4 Å². The van der Waals surface area contributed by atoms with E-state index in [9.17, 15) is 13.2 Å². The molecule has 176 valence electrons. The van der Waals surface area contributed by atoms with E-state index in [0.717, 1.165) is 16.6 Å². The molecule has 0 bridgehead atoms. The van der Waals surface area contributed by atoms with Gasteiger partial charge in [0.2, 0.25) is 10.0 Å². The fourth-order valence-electron chi connectivity index (χ4n) is 3.98. The zero-order valence-corrected chi connectivity index (χ0v) is 20.4. The average molecular weight is 476 g/mol. The van der Waals surface area contributed by atoms with Crippen molar-refractivity contribution in [3.63, 3.8) is 0 Å². The second-order valence-electron chi connectivity index (χ2n) is 8.63. The summed E-state index contributed by atoms with van der Waals surface area (Å²) in [5.74, 6) is -0.0270. The quantitative estimate of drug-likeness (QED) is 0.409. The molecule has 0 aliphatic carbocycles. The molecule has 3 aromatic carbocycles. The first-order valence-corrected chi connectivity index (χ1v) is 12.6. The molecular formula is C27H29N3O3S. The number of amides is 1. The van der Waals surface area contributed by atoms with E-state index in [1.54, 1.807) is 24.3 Å². The van der Waals surface area contributed by atoms with Crippen LogP contribution in [-0.4, -0.2) is 43.8 Å². The molecular weight excluding hydrogens is 446 g/mol. The standard InChI is InChI=1S/C27H29N3O3S/c1-20(22-12-8-5-9-13-22)18-28-27(31)26-17-23-16-24(34(32,33)29(2)3)14-15-25(23)30(26)19-21-10-6-4-7-11-21/h4-17,20H,18-19H2,1-3H3,(H,28,31). The van der Waals surface area contributed by atoms with Crippen LogP contribution in [0.3, 0.4) is 0 Å². The lowest BCUT2D eigenvalue weighted by Crippen LogP contribution is -2.29. The Morgan fingerprint density at radius 3 is 2.24 bits per heavy atom. The van der Waals surface area contributed by atoms with Crippen molar-refractivity contribution >= 4 is 26.8 Å². The predicted molar refractivity (Wildman–Crippen MR) is 136 cm³/mol. The molecule has 1 N–H and O–H groups in total. The maximum atomic E-state index is 13.3. The molecule has 0 saturated heterocycles. The van der Waals surface area contributed by atoms with Crippen molar-refractivity contribution < 1.29 is 13.2 Å². The Hall–Kier alpha value is -3.42. The van der Waals surface area contributed by atoms with Crippen LogP contribution in [0.2, 0.25) is 0 Å². The zero-order valence-electron chi connectivity index (χ0n) is 19.6. The molecule has 1 amide bonds. The van der Waals surface area contributed by atoms with Crippen LogP contribution in [0.4, 0.5) is 0 Å². The molecule has 0 radical (unpaired) electrons. The highest BCUT2D eigenvalue weighted by atomic mass is 32.2. The Labute approximate surface area is 200 Å². The molecule has 4 rings (SSSR count). The van der Waals surface area contributed by atoms with E-state index in [2.05, 4.69) is 24.4 Å². The van der Waals surface area contributed by atoms with E-state index in [1.807, 2.05) is 53.1 Å². The summed E-state index contributed by atoms with van der Waals surface area (Å²) in [6.45, 7) is 3.07. The van der Waals surface area contributed by atoms with Crippen molar-refractivity contribution in [3.8, 4) is 0 Å². The van der Waals surface area contributed by atoms with Crippen LogP contribution in [0.15, 0.2) is 89.8 Å². The van der Waals surface area contributed by atoms with Gasteiger partial charge in [-0.3, -0.25) is 4.79 Å². The van der Waals surface area contributed by atoms with Crippen LogP contribution in [0.5, 0.6) is 0 Å². The van der Waals surface area contributed by atoms with Crippen molar-refractivity contribution in [1.29, 1.82) is 0 Å². The van der Waals surface area contributed by atoms with Crippen molar-refractivity contribution in [2.45, 2.75) is 24.3 Å². The fraction of sp³-hybridized carbons (Fsp3) is 0.222. The lowest BCUT2D eigenvalue weighted by Gasteiger charge is -2.15. The number of rotatable bonds is 8. The number of carbonyl (C=O) groups excluding carboxylic acids is 1. The van der Waals surface area contributed by atoms with Gasteiger partial charge in [0.15, 0.2) is 0 Å². The number of hydrogen-bond acceptors (Lipinski definition) is 3. The van der Waals surface area contributed by atoms with Crippen molar-refractivity contribution in [3.05, 3.63) is 102 Å². The largest absolute Gasteiger partial charge is 0.350 e. The molecule has 1 aromatic heterocycles. The van der Waals surface area contributed by atoms with Gasteiger partial charge >= 0.3 is 0 Å². The molecule has 34 heavy (non-hydrogen) atoms. The summed E-state index contributed by atoms with van der Waals surface area (Å²) in [7, 11) is -0.566. The van der Waals surface area contributed by atoms with E-state index in [4.69, 9.17) is 0 Å². The SMILES string of the molecule is CC(CNC(=O)c1cc2cc(S(=O)(=O)N(C)C)ccc2n1Cc1ccccc1)c1ccccc1. The third-order valence-electron chi connectivity index (χ3n) is 6.00. The summed E-state index contributed by atoms with van der Waals surface area (Å²) in [6, 6.07) is 26.7. The summed E-state index contributed by atoms with van der Waals surface area (Å²) in [4.78, 5) is 13.5. The number of fused-ring (bicyclic) bond motifs is 1. The van der Waals surface area contributed by atoms with Gasteiger partial charge in [0, 0.05) is 38.1 Å². The van der Waals surface area contributed by atoms with E-state index in [0.29, 0.717) is 24.2 Å². The topological polar surface area (TPSA) is 71.4 Å². The lowest BCUT2D eigenvalue weighted by molar-refractivity contribution is 0.0943. The van der Waals surface area contributed by atoms with Crippen LogP contribution in [0, 0.1) is 0 Å². The number of nitrogens with one attached hydrogen (secondary N) is 1. The first-order chi connectivity index (χ1) is 16.3. The van der Waals surface area contributed by atoms with Gasteiger partial charge in [-0.15, -0.1) is 0 Å². The second-order valence-corrected chi connectivity index (χ2v) is 10.8. The highest BCUT2D eigenvalue weighted by molar-refractivity contribution is 7.89. The van der Waals surface area contributed by atoms with Gasteiger partial charge < -0.3 is 9.88 Å². The van der Waals surface area contributed by atoms with Gasteiger partial charge in [-0.1, -0.05) is 67.6 Å². The maximum absolute atomic E-state index is 13.3. The Morgan fingerprint density at radius 2 is 1.59 bits per heavy atom. The Bertz CT molecular complexity index is 1400. The number of nitrogens with zero attached hydrogens (tertiary/aromatic N) is 2. The van der Waals surface area contributed by atoms with Gasteiger partial charge in [0.1, 0.15) is 5.69 Å². The highest BCUT2D eigenvalue weighted by Crippen LogP contribution is 2.26. The Morgan fingerprint density at radius 1 is 0.941 bits per heavy atom. The molecule has 0 aliphatic heterocycles. The zero-order chi connectivity index (χ0) is 24.3. The number of sulfonamides is 1. The van der Waals surface area contributed by atoms with Crippen molar-refractivity contribution in [2.24, 2.45) is 0 Å². The molecule has 7 heteroatoms. The van der Waals surface area contributed by atoms with Crippen LogP contribution < -0.4 is 5.32 Å². The van der Waals surface area contributed by atoms with Crippen LogP contribution in [-0.2, 0) is 16.6 Å². The molecule has 1 atom stereocenters. The van der Waals surface area contributed by atoms with Crippen molar-refractivity contribution in [2.75, 3.05) is 20.6 Å². The maximum Gasteiger partial charge on any atom is 0.267 e. The smallest absolute Gasteiger partial charge is 0.267 e. The minimum Gasteiger partial charge on any atom is -0.350 e. The summed E-state index contributed by atoms with van der Waals surface area (Å²) < 4.78 is 28.4. The monoisotopic (exact) mass is 475 g/mol. The van der Waals surface area contributed by atoms with Crippen molar-refractivity contribution in [1.82, 2.24) is 14.2 Å². The van der Waals surface area contributed by atoms with E-state index < -0.39 is 10.0 Å². The van der Waals surface area contributed by atoms with E-state index >= 15 is 0 Å². The summed E-state index contributed by atoms with van der Waals surface area (Å²) in [5, 5.41) is 3.77. The summed E-state index contributed by atoms with van der Waals surface area (Å²) >= 11 is 0. The number of carbonyl (C=O) groups is 1. The molecule has 6 nitrogen and oxygen atoms in total. The van der Waals surface area contributed by atoms with Crippen LogP contribution >= 0.6 is 0 Å². The second kappa shape index (κ2) is 9.83. The lowest BCUT2D eigenvalue weighted by atomic mass is 10.0. The third kappa shape index (κ3) is 4.90. The highest BCUT2D eigenvalue weighted by Gasteiger charge is 2.21. The summed E-state index contributed by atoms with van der Waals surface area (Å²) in [6.07, 6.45) is 0. The molecule has 1 unspecified atom stereocenters. The minimum atomic E-state index is -3.58. The van der Waals surface area contributed by atoms with Crippen LogP contribution in [0.25, 0.3) is 10.9 Å². The molecule has 1 heterocycles. The average Bonchev–Trinajstić information content (AvgIpc) is 3.21. The van der Waals surface area contributed by atoms with Gasteiger partial charge in [-0.05, 0) is 41.3 Å². The minimum absolute atomic E-state index is 0.161. The van der Waals surface area contributed by atoms with Gasteiger partial charge in [-0.25, -0.2) is 12.7 Å². The van der Waals surface area contributed by atoms with E-state index in [-0.39, 0.29) is 16.7 Å². The molecule has 0 aliphatic rings. The van der Waals surface area contributed by atoms with Gasteiger partial charge in [-0.2, -0.15) is 0 Å². The third-order valence-corrected chi connectivity index (χ3v) is 7.82. The summed E-state index contributed by atoms with van der Waals surface area (Å²) in [5.41, 5.74) is 3.52. The number of hydrogen-bond donors (Lipinski definition) is 1. The van der Waals surface area contributed by atoms with Gasteiger partial charge in [0.25, 0.3) is 5.91 Å². The number of aromatic nitrogens is 1. The predicted octanol–water partition coefficient (Wildman–Crippen LogP) is 4.47. The number of benzene rings is 3. The molecule has 0 spiro atoms. The normalized spacial score (nSPS) is 12.7. The Kier molecular flexibility index (Phi) is 6.86.